The number of benzene rings is 2. The topological polar surface area (TPSA) is 77.0 Å². The normalized spacial score (nSPS) is 11.0. The van der Waals surface area contributed by atoms with Gasteiger partial charge in [-0.3, -0.25) is 9.59 Å². The molecule has 0 saturated carbocycles. The minimum absolute atomic E-state index is 0.202. The van der Waals surface area contributed by atoms with E-state index in [1.807, 2.05) is 24.3 Å². The van der Waals surface area contributed by atoms with Crippen molar-refractivity contribution in [3.8, 4) is 22.7 Å². The van der Waals surface area contributed by atoms with E-state index in [1.165, 1.54) is 11.6 Å². The van der Waals surface area contributed by atoms with Crippen molar-refractivity contribution in [3.63, 3.8) is 0 Å². The number of rotatable bonds is 2. The summed E-state index contributed by atoms with van der Waals surface area (Å²) in [6, 6.07) is 14.3. The molecule has 0 amide bonds. The molecular weight excluding hydrogens is 306 g/mol. The number of carbonyl (C=O) groups is 1. The fourth-order valence-electron chi connectivity index (χ4n) is 2.71. The summed E-state index contributed by atoms with van der Waals surface area (Å²) in [5, 5.41) is 5.37. The molecule has 6 heteroatoms. The van der Waals surface area contributed by atoms with Gasteiger partial charge in [-0.1, -0.05) is 18.2 Å². The van der Waals surface area contributed by atoms with Crippen LogP contribution in [-0.4, -0.2) is 20.7 Å². The Hall–Kier alpha value is -3.41. The predicted octanol–water partition coefficient (Wildman–Crippen LogP) is 2.74. The average Bonchev–Trinajstić information content (AvgIpc) is 2.92. The van der Waals surface area contributed by atoms with Crippen LogP contribution < -0.4 is 10.3 Å². The smallest absolute Gasteiger partial charge is 0.308 e. The van der Waals surface area contributed by atoms with Gasteiger partial charge in [0.15, 0.2) is 0 Å². The molecule has 0 saturated heterocycles. The number of nitrogens with zero attached hydrogens (tertiary/aromatic N) is 2. The quantitative estimate of drug-likeness (QED) is 0.455. The Morgan fingerprint density at radius 3 is 2.62 bits per heavy atom. The summed E-state index contributed by atoms with van der Waals surface area (Å²) in [7, 11) is 0. The molecule has 2 aromatic rings. The van der Waals surface area contributed by atoms with Gasteiger partial charge in [-0.25, -0.2) is 0 Å². The molecular formula is C18H13N3O3. The maximum absolute atomic E-state index is 12.6. The highest BCUT2D eigenvalue weighted by Gasteiger charge is 2.18. The molecule has 2 aliphatic rings. The maximum Gasteiger partial charge on any atom is 0.308 e. The van der Waals surface area contributed by atoms with Crippen molar-refractivity contribution >= 4 is 16.9 Å². The van der Waals surface area contributed by atoms with Gasteiger partial charge < -0.3 is 9.72 Å². The van der Waals surface area contributed by atoms with Crippen molar-refractivity contribution in [1.29, 1.82) is 0 Å². The number of aromatic nitrogens is 3. The third-order valence-electron chi connectivity index (χ3n) is 3.77. The van der Waals surface area contributed by atoms with Crippen molar-refractivity contribution in [2.24, 2.45) is 0 Å². The zero-order chi connectivity index (χ0) is 16.7. The number of hydrogen-bond donors (Lipinski definition) is 1. The van der Waals surface area contributed by atoms with Gasteiger partial charge in [0.2, 0.25) is 0 Å². The Bertz CT molecular complexity index is 1080. The van der Waals surface area contributed by atoms with Crippen molar-refractivity contribution in [1.82, 2.24) is 14.8 Å². The SMILES string of the molecule is CC(=O)Oc1ccc(-n2nc3c4ccccc4[nH]cc-3c2=O)cc1. The van der Waals surface area contributed by atoms with Crippen LogP contribution in [0.15, 0.2) is 59.5 Å². The van der Waals surface area contributed by atoms with Gasteiger partial charge in [-0.05, 0) is 30.3 Å². The molecule has 2 aliphatic heterocycles. The van der Waals surface area contributed by atoms with E-state index in [0.717, 1.165) is 10.9 Å². The highest BCUT2D eigenvalue weighted by molar-refractivity contribution is 5.93. The van der Waals surface area contributed by atoms with Crippen LogP contribution in [0.2, 0.25) is 0 Å². The Kier molecular flexibility index (Phi) is 3.16. The molecule has 0 fully saturated rings. The minimum atomic E-state index is -0.390. The Morgan fingerprint density at radius 2 is 1.88 bits per heavy atom. The summed E-state index contributed by atoms with van der Waals surface area (Å²) in [6.07, 6.45) is 1.68. The van der Waals surface area contributed by atoms with E-state index in [1.54, 1.807) is 30.5 Å². The number of fused-ring (bicyclic) bond motifs is 3. The molecule has 24 heavy (non-hydrogen) atoms. The summed E-state index contributed by atoms with van der Waals surface area (Å²) >= 11 is 0. The van der Waals surface area contributed by atoms with E-state index in [9.17, 15) is 9.59 Å². The van der Waals surface area contributed by atoms with Gasteiger partial charge in [0.1, 0.15) is 11.4 Å². The fourth-order valence-corrected chi connectivity index (χ4v) is 2.71. The highest BCUT2D eigenvalue weighted by atomic mass is 16.5. The summed E-state index contributed by atoms with van der Waals surface area (Å²) in [5.74, 6) is 0.0355. The van der Waals surface area contributed by atoms with Crippen LogP contribution >= 0.6 is 0 Å². The Balaban J connectivity index is 1.86. The van der Waals surface area contributed by atoms with Crippen LogP contribution in [0.5, 0.6) is 5.75 Å². The first-order valence-electron chi connectivity index (χ1n) is 7.41. The molecule has 0 atom stereocenters. The summed E-state index contributed by atoms with van der Waals surface area (Å²) < 4.78 is 6.35. The van der Waals surface area contributed by atoms with E-state index >= 15 is 0 Å². The fraction of sp³-hybridized carbons (Fsp3) is 0.0556. The molecule has 118 valence electrons. The number of aromatic amines is 1. The number of esters is 1. The van der Waals surface area contributed by atoms with Gasteiger partial charge in [0.25, 0.3) is 5.56 Å². The molecule has 0 bridgehead atoms. The van der Waals surface area contributed by atoms with Crippen LogP contribution in [0.25, 0.3) is 27.8 Å². The molecule has 2 heterocycles. The van der Waals surface area contributed by atoms with Crippen molar-refractivity contribution in [2.75, 3.05) is 0 Å². The zero-order valence-electron chi connectivity index (χ0n) is 12.8. The second-order valence-electron chi connectivity index (χ2n) is 5.40. The van der Waals surface area contributed by atoms with Crippen molar-refractivity contribution in [3.05, 3.63) is 65.1 Å². The first-order valence-corrected chi connectivity index (χ1v) is 7.41. The van der Waals surface area contributed by atoms with Crippen LogP contribution in [0.1, 0.15) is 6.92 Å². The number of para-hydroxylation sites is 1. The zero-order valence-corrected chi connectivity index (χ0v) is 12.8. The largest absolute Gasteiger partial charge is 0.427 e. The molecule has 2 aromatic carbocycles. The highest BCUT2D eigenvalue weighted by Crippen LogP contribution is 2.26. The molecule has 0 unspecified atom stereocenters. The Morgan fingerprint density at radius 1 is 1.12 bits per heavy atom. The van der Waals surface area contributed by atoms with Crippen LogP contribution in [0.3, 0.4) is 0 Å². The van der Waals surface area contributed by atoms with Gasteiger partial charge >= 0.3 is 5.97 Å². The van der Waals surface area contributed by atoms with E-state index in [-0.39, 0.29) is 11.5 Å². The van der Waals surface area contributed by atoms with E-state index < -0.39 is 0 Å². The van der Waals surface area contributed by atoms with Crippen molar-refractivity contribution in [2.45, 2.75) is 6.92 Å². The monoisotopic (exact) mass is 319 g/mol. The molecule has 0 aliphatic carbocycles. The molecule has 0 radical (unpaired) electrons. The maximum atomic E-state index is 12.6. The third-order valence-corrected chi connectivity index (χ3v) is 3.77. The van der Waals surface area contributed by atoms with Crippen LogP contribution in [0.4, 0.5) is 0 Å². The Labute approximate surface area is 136 Å². The van der Waals surface area contributed by atoms with E-state index in [4.69, 9.17) is 4.74 Å². The first kappa shape index (κ1) is 14.2. The number of pyridine rings is 1. The lowest BCUT2D eigenvalue weighted by molar-refractivity contribution is -0.131. The average molecular weight is 319 g/mol. The van der Waals surface area contributed by atoms with Gasteiger partial charge in [0, 0.05) is 24.0 Å². The minimum Gasteiger partial charge on any atom is -0.427 e. The van der Waals surface area contributed by atoms with Gasteiger partial charge in [-0.2, -0.15) is 9.78 Å². The van der Waals surface area contributed by atoms with Gasteiger partial charge in [-0.15, -0.1) is 0 Å². The lowest BCUT2D eigenvalue weighted by atomic mass is 10.1. The molecule has 6 nitrogen and oxygen atoms in total. The number of nitrogens with one attached hydrogen (secondary N) is 1. The number of carbonyl (C=O) groups excluding carboxylic acids is 1. The molecule has 0 aromatic heterocycles. The second kappa shape index (κ2) is 5.34. The first-order chi connectivity index (χ1) is 11.6. The predicted molar refractivity (Wildman–Crippen MR) is 89.6 cm³/mol. The summed E-state index contributed by atoms with van der Waals surface area (Å²) in [6.45, 7) is 1.34. The lowest BCUT2D eigenvalue weighted by Crippen LogP contribution is -2.14. The molecule has 1 N–H and O–H groups in total. The standard InChI is InChI=1S/C18H13N3O3/c1-11(22)24-13-8-6-12(7-9-13)21-18(23)15-10-19-16-5-3-2-4-14(16)17(15)20-21/h2-10,19H,1H3. The van der Waals surface area contributed by atoms with Crippen molar-refractivity contribution < 1.29 is 9.53 Å². The molecule has 0 spiro atoms. The summed E-state index contributed by atoms with van der Waals surface area (Å²) in [4.78, 5) is 26.7. The molecule has 4 rings (SSSR count). The van der Waals surface area contributed by atoms with E-state index in [2.05, 4.69) is 10.1 Å². The second-order valence-corrected chi connectivity index (χ2v) is 5.40. The van der Waals surface area contributed by atoms with Gasteiger partial charge in [0.05, 0.1) is 11.3 Å². The number of hydrogen-bond acceptors (Lipinski definition) is 4. The van der Waals surface area contributed by atoms with Crippen LogP contribution in [0, 0.1) is 0 Å². The summed E-state index contributed by atoms with van der Waals surface area (Å²) in [5.41, 5.74) is 2.50. The van der Waals surface area contributed by atoms with Crippen LogP contribution in [-0.2, 0) is 4.79 Å². The number of H-pyrrole nitrogens is 1. The number of ether oxygens (including phenoxy) is 1. The van der Waals surface area contributed by atoms with E-state index in [0.29, 0.717) is 22.7 Å². The third kappa shape index (κ3) is 2.25. The lowest BCUT2D eigenvalue weighted by Gasteiger charge is -2.03.